The van der Waals surface area contributed by atoms with Crippen LogP contribution in [0.5, 0.6) is 0 Å². The molecular formula is C17H17FN2O2. The number of carbonyl (C=O) groups is 1. The van der Waals surface area contributed by atoms with Gasteiger partial charge < -0.3 is 10.0 Å². The van der Waals surface area contributed by atoms with E-state index >= 15 is 0 Å². The van der Waals surface area contributed by atoms with E-state index in [4.69, 9.17) is 0 Å². The molecule has 1 aromatic heterocycles. The highest BCUT2D eigenvalue weighted by Crippen LogP contribution is 2.34. The lowest BCUT2D eigenvalue weighted by molar-refractivity contribution is 0.0605. The minimum atomic E-state index is -1.01. The Kier molecular flexibility index (Phi) is 3.66. The monoisotopic (exact) mass is 300 g/mol. The lowest BCUT2D eigenvalue weighted by Gasteiger charge is -2.24. The predicted molar refractivity (Wildman–Crippen MR) is 81.4 cm³/mol. The summed E-state index contributed by atoms with van der Waals surface area (Å²) in [6, 6.07) is 9.47. The second kappa shape index (κ2) is 5.50. The lowest BCUT2D eigenvalue weighted by atomic mass is 9.93. The highest BCUT2D eigenvalue weighted by Gasteiger charge is 2.38. The number of rotatable bonds is 3. The van der Waals surface area contributed by atoms with Gasteiger partial charge in [-0.15, -0.1) is 0 Å². The van der Waals surface area contributed by atoms with Crippen LogP contribution >= 0.6 is 0 Å². The minimum Gasteiger partial charge on any atom is -0.383 e. The third-order valence-electron chi connectivity index (χ3n) is 4.11. The molecule has 2 heterocycles. The third-order valence-corrected chi connectivity index (χ3v) is 4.11. The molecule has 1 N–H and O–H groups in total. The molecule has 5 heteroatoms. The number of anilines is 1. The first-order chi connectivity index (χ1) is 10.5. The number of Topliss-reactive ketones (excluding diaryl/α,β-unsaturated/α-hetero) is 1. The Morgan fingerprint density at radius 1 is 1.27 bits per heavy atom. The molecule has 22 heavy (non-hydrogen) atoms. The van der Waals surface area contributed by atoms with Crippen molar-refractivity contribution in [1.29, 1.82) is 0 Å². The van der Waals surface area contributed by atoms with E-state index in [0.717, 1.165) is 5.82 Å². The van der Waals surface area contributed by atoms with E-state index in [2.05, 4.69) is 4.98 Å². The van der Waals surface area contributed by atoms with Crippen LogP contribution in [0.25, 0.3) is 0 Å². The summed E-state index contributed by atoms with van der Waals surface area (Å²) in [5, 5.41) is 10.8. The first-order valence-electron chi connectivity index (χ1n) is 7.18. The lowest BCUT2D eigenvalue weighted by Crippen LogP contribution is -2.31. The van der Waals surface area contributed by atoms with E-state index in [-0.39, 0.29) is 11.6 Å². The summed E-state index contributed by atoms with van der Waals surface area (Å²) < 4.78 is 13.0. The van der Waals surface area contributed by atoms with Gasteiger partial charge in [-0.3, -0.25) is 4.79 Å². The van der Waals surface area contributed by atoms with Crippen molar-refractivity contribution in [1.82, 2.24) is 4.98 Å². The maximum atomic E-state index is 13.0. The molecule has 0 unspecified atom stereocenters. The molecule has 0 aliphatic carbocycles. The molecule has 0 spiro atoms. The maximum Gasteiger partial charge on any atom is 0.161 e. The first-order valence-corrected chi connectivity index (χ1v) is 7.18. The Hall–Kier alpha value is -2.27. The van der Waals surface area contributed by atoms with Crippen molar-refractivity contribution in [2.75, 3.05) is 18.0 Å². The molecule has 1 aliphatic heterocycles. The van der Waals surface area contributed by atoms with E-state index in [0.29, 0.717) is 30.6 Å². The van der Waals surface area contributed by atoms with E-state index in [9.17, 15) is 14.3 Å². The number of carbonyl (C=O) groups excluding carboxylic acids is 1. The molecule has 1 saturated heterocycles. The van der Waals surface area contributed by atoms with E-state index in [1.807, 2.05) is 4.90 Å². The summed E-state index contributed by atoms with van der Waals surface area (Å²) in [6.45, 7) is 2.55. The Labute approximate surface area is 128 Å². The molecule has 3 rings (SSSR count). The van der Waals surface area contributed by atoms with Crippen molar-refractivity contribution >= 4 is 11.6 Å². The van der Waals surface area contributed by atoms with Gasteiger partial charge >= 0.3 is 0 Å². The normalized spacial score (nSPS) is 21.1. The highest BCUT2D eigenvalue weighted by molar-refractivity contribution is 5.93. The topological polar surface area (TPSA) is 53.4 Å². The predicted octanol–water partition coefficient (Wildman–Crippen LogP) is 2.52. The van der Waals surface area contributed by atoms with Gasteiger partial charge in [0, 0.05) is 18.3 Å². The standard InChI is InChI=1S/C17H17FN2O2/c1-12(21)13-2-7-16(19-10-13)20-9-8-17(22,11-20)14-3-5-15(18)6-4-14/h2-7,10,22H,8-9,11H2,1H3/t17-/m0/s1. The molecule has 1 atom stereocenters. The van der Waals surface area contributed by atoms with Crippen molar-refractivity contribution in [2.45, 2.75) is 18.9 Å². The average Bonchev–Trinajstić information content (AvgIpc) is 2.91. The van der Waals surface area contributed by atoms with E-state index in [1.54, 1.807) is 30.5 Å². The Balaban J connectivity index is 1.79. The van der Waals surface area contributed by atoms with Crippen molar-refractivity contribution in [3.8, 4) is 0 Å². The number of pyridine rings is 1. The summed E-state index contributed by atoms with van der Waals surface area (Å²) in [5.41, 5.74) is 0.266. The number of nitrogens with zero attached hydrogens (tertiary/aromatic N) is 2. The first kappa shape index (κ1) is 14.7. The molecule has 0 amide bonds. The quantitative estimate of drug-likeness (QED) is 0.885. The summed E-state index contributed by atoms with van der Waals surface area (Å²) >= 11 is 0. The smallest absolute Gasteiger partial charge is 0.161 e. The van der Waals surface area contributed by atoms with Gasteiger partial charge in [-0.2, -0.15) is 0 Å². The number of hydrogen-bond donors (Lipinski definition) is 1. The van der Waals surface area contributed by atoms with Gasteiger partial charge in [0.05, 0.1) is 6.54 Å². The molecule has 1 aliphatic rings. The molecule has 1 fully saturated rings. The second-order valence-corrected chi connectivity index (χ2v) is 5.67. The number of β-amino-alcohol motifs (C(OH)–C–C–N with tert-alkyl or cyclic N) is 1. The van der Waals surface area contributed by atoms with Gasteiger partial charge in [0.2, 0.25) is 0 Å². The molecule has 1 aromatic carbocycles. The van der Waals surface area contributed by atoms with Crippen molar-refractivity contribution in [2.24, 2.45) is 0 Å². The van der Waals surface area contributed by atoms with Crippen molar-refractivity contribution in [3.05, 3.63) is 59.5 Å². The Morgan fingerprint density at radius 2 is 2.00 bits per heavy atom. The van der Waals surface area contributed by atoms with Crippen LogP contribution in [-0.4, -0.2) is 29.0 Å². The number of aromatic nitrogens is 1. The Bertz CT molecular complexity index is 685. The van der Waals surface area contributed by atoms with Gasteiger partial charge in [0.15, 0.2) is 5.78 Å². The molecule has 0 radical (unpaired) electrons. The molecular weight excluding hydrogens is 283 g/mol. The van der Waals surface area contributed by atoms with Crippen LogP contribution in [0, 0.1) is 5.82 Å². The number of halogens is 1. The summed E-state index contributed by atoms with van der Waals surface area (Å²) in [6.07, 6.45) is 2.10. The van der Waals surface area contributed by atoms with E-state index in [1.165, 1.54) is 19.1 Å². The third kappa shape index (κ3) is 2.72. The molecule has 2 aromatic rings. The fourth-order valence-corrected chi connectivity index (χ4v) is 2.77. The second-order valence-electron chi connectivity index (χ2n) is 5.67. The average molecular weight is 300 g/mol. The number of aliphatic hydroxyl groups is 1. The summed E-state index contributed by atoms with van der Waals surface area (Å²) in [5.74, 6) is 0.384. The van der Waals surface area contributed by atoms with Crippen molar-refractivity contribution in [3.63, 3.8) is 0 Å². The fourth-order valence-electron chi connectivity index (χ4n) is 2.77. The number of hydrogen-bond acceptors (Lipinski definition) is 4. The minimum absolute atomic E-state index is 0.0247. The Morgan fingerprint density at radius 3 is 2.59 bits per heavy atom. The number of benzene rings is 1. The van der Waals surface area contributed by atoms with Crippen LogP contribution < -0.4 is 4.90 Å². The highest BCUT2D eigenvalue weighted by atomic mass is 19.1. The van der Waals surface area contributed by atoms with Crippen LogP contribution in [0.4, 0.5) is 10.2 Å². The fraction of sp³-hybridized carbons (Fsp3) is 0.294. The zero-order chi connectivity index (χ0) is 15.7. The molecule has 0 bridgehead atoms. The van der Waals surface area contributed by atoms with Crippen LogP contribution in [0.15, 0.2) is 42.6 Å². The molecule has 114 valence electrons. The SMILES string of the molecule is CC(=O)c1ccc(N2CC[C@@](O)(c3ccc(F)cc3)C2)nc1. The number of ketones is 1. The van der Waals surface area contributed by atoms with Gasteiger partial charge in [0.25, 0.3) is 0 Å². The van der Waals surface area contributed by atoms with Crippen molar-refractivity contribution < 1.29 is 14.3 Å². The summed E-state index contributed by atoms with van der Waals surface area (Å²) in [7, 11) is 0. The van der Waals surface area contributed by atoms with Gasteiger partial charge in [-0.05, 0) is 43.2 Å². The van der Waals surface area contributed by atoms with Gasteiger partial charge in [0.1, 0.15) is 17.2 Å². The summed E-state index contributed by atoms with van der Waals surface area (Å²) in [4.78, 5) is 17.5. The zero-order valence-electron chi connectivity index (χ0n) is 12.3. The molecule has 0 saturated carbocycles. The van der Waals surface area contributed by atoms with Gasteiger partial charge in [-0.1, -0.05) is 12.1 Å². The largest absolute Gasteiger partial charge is 0.383 e. The van der Waals surface area contributed by atoms with Crippen LogP contribution in [-0.2, 0) is 5.60 Å². The van der Waals surface area contributed by atoms with Crippen LogP contribution in [0.3, 0.4) is 0 Å². The van der Waals surface area contributed by atoms with Crippen LogP contribution in [0.1, 0.15) is 29.3 Å². The van der Waals surface area contributed by atoms with Crippen LogP contribution in [0.2, 0.25) is 0 Å². The maximum absolute atomic E-state index is 13.0. The van der Waals surface area contributed by atoms with E-state index < -0.39 is 5.60 Å². The molecule has 4 nitrogen and oxygen atoms in total. The van der Waals surface area contributed by atoms with Gasteiger partial charge in [-0.25, -0.2) is 9.37 Å². The zero-order valence-corrected chi connectivity index (χ0v) is 12.3.